The highest BCUT2D eigenvalue weighted by Crippen LogP contribution is 2.30. The summed E-state index contributed by atoms with van der Waals surface area (Å²) < 4.78 is 43.3. The number of ether oxygens (including phenoxy) is 1. The topological polar surface area (TPSA) is 59.9 Å². The van der Waals surface area contributed by atoms with Crippen molar-refractivity contribution in [2.24, 2.45) is 0 Å². The first-order valence-electron chi connectivity index (χ1n) is 10.4. The number of nitrogens with one attached hydrogen (secondary N) is 1. The van der Waals surface area contributed by atoms with Crippen LogP contribution in [0.25, 0.3) is 0 Å². The minimum Gasteiger partial charge on any atom is -0.439 e. The van der Waals surface area contributed by atoms with E-state index < -0.39 is 11.7 Å². The maximum atomic E-state index is 12.6. The van der Waals surface area contributed by atoms with Crippen molar-refractivity contribution in [1.29, 1.82) is 0 Å². The van der Waals surface area contributed by atoms with Crippen molar-refractivity contribution in [3.63, 3.8) is 0 Å². The van der Waals surface area contributed by atoms with Crippen LogP contribution in [0.5, 0.6) is 11.6 Å². The number of pyridine rings is 1. The van der Waals surface area contributed by atoms with Crippen LogP contribution in [0.4, 0.5) is 19.0 Å². The van der Waals surface area contributed by atoms with Crippen molar-refractivity contribution in [2.45, 2.75) is 45.2 Å². The van der Waals surface area contributed by atoms with Crippen LogP contribution in [0.2, 0.25) is 5.02 Å². The fourth-order valence-electron chi connectivity index (χ4n) is 3.02. The number of alkyl halides is 3. The zero-order chi connectivity index (χ0) is 23.0. The molecule has 170 valence electrons. The quantitative estimate of drug-likeness (QED) is 0.337. The average molecular weight is 465 g/mol. The number of halogens is 4. The smallest absolute Gasteiger partial charge is 0.417 e. The number of hydrogen-bond acceptors (Lipinski definition) is 5. The zero-order valence-electron chi connectivity index (χ0n) is 17.6. The van der Waals surface area contributed by atoms with Gasteiger partial charge in [-0.3, -0.25) is 0 Å². The third-order valence-electron chi connectivity index (χ3n) is 4.79. The van der Waals surface area contributed by atoms with Gasteiger partial charge in [-0.25, -0.2) is 15.0 Å². The van der Waals surface area contributed by atoms with E-state index in [1.54, 1.807) is 12.1 Å². The maximum Gasteiger partial charge on any atom is 0.417 e. The Hall–Kier alpha value is -2.87. The molecule has 9 heteroatoms. The van der Waals surface area contributed by atoms with Gasteiger partial charge in [-0.05, 0) is 43.0 Å². The third kappa shape index (κ3) is 6.82. The monoisotopic (exact) mass is 464 g/mol. The summed E-state index contributed by atoms with van der Waals surface area (Å²) in [5, 5.41) is 3.81. The summed E-state index contributed by atoms with van der Waals surface area (Å²) in [7, 11) is 0. The molecule has 3 aromatic rings. The standard InChI is InChI=1S/C23H24ClF3N4O/c1-2-3-4-5-19-21(24)22(31-15-30-19)28-13-12-16-6-9-18(10-7-16)32-20-11-8-17(14-29-20)23(25,26)27/h6-11,14-15H,2-5,12-13H2,1H3,(H,28,30,31). The van der Waals surface area contributed by atoms with Crippen LogP contribution < -0.4 is 10.1 Å². The molecule has 0 atom stereocenters. The number of anilines is 1. The SMILES string of the molecule is CCCCCc1ncnc(NCCc2ccc(Oc3ccc(C(F)(F)F)cn3)cc2)c1Cl. The molecule has 32 heavy (non-hydrogen) atoms. The van der Waals surface area contributed by atoms with Crippen LogP contribution in [-0.4, -0.2) is 21.5 Å². The van der Waals surface area contributed by atoms with Crippen molar-refractivity contribution in [3.05, 3.63) is 70.8 Å². The molecule has 0 aliphatic rings. The van der Waals surface area contributed by atoms with E-state index in [4.69, 9.17) is 16.3 Å². The number of aromatic nitrogens is 3. The zero-order valence-corrected chi connectivity index (χ0v) is 18.4. The van der Waals surface area contributed by atoms with E-state index in [1.165, 1.54) is 12.4 Å². The average Bonchev–Trinajstić information content (AvgIpc) is 2.77. The Kier molecular flexibility index (Phi) is 8.27. The van der Waals surface area contributed by atoms with Crippen LogP contribution >= 0.6 is 11.6 Å². The molecule has 0 bridgehead atoms. The molecule has 0 spiro atoms. The molecule has 0 saturated carbocycles. The lowest BCUT2D eigenvalue weighted by Gasteiger charge is -2.11. The predicted molar refractivity (Wildman–Crippen MR) is 118 cm³/mol. The Bertz CT molecular complexity index is 996. The van der Waals surface area contributed by atoms with E-state index in [-0.39, 0.29) is 5.88 Å². The lowest BCUT2D eigenvalue weighted by atomic mass is 10.1. The van der Waals surface area contributed by atoms with Crippen molar-refractivity contribution < 1.29 is 17.9 Å². The van der Waals surface area contributed by atoms with Crippen LogP contribution in [-0.2, 0) is 19.0 Å². The lowest BCUT2D eigenvalue weighted by molar-refractivity contribution is -0.137. The molecule has 1 N–H and O–H groups in total. The summed E-state index contributed by atoms with van der Waals surface area (Å²) in [6.45, 7) is 2.78. The van der Waals surface area contributed by atoms with Gasteiger partial charge in [0.05, 0.1) is 11.3 Å². The van der Waals surface area contributed by atoms with Crippen molar-refractivity contribution in [1.82, 2.24) is 15.0 Å². The van der Waals surface area contributed by atoms with E-state index in [0.717, 1.165) is 55.6 Å². The Morgan fingerprint density at radius 1 is 0.969 bits per heavy atom. The molecular weight excluding hydrogens is 441 g/mol. The summed E-state index contributed by atoms with van der Waals surface area (Å²) in [6, 6.07) is 9.41. The molecule has 0 aliphatic heterocycles. The van der Waals surface area contributed by atoms with Gasteiger partial charge in [0.15, 0.2) is 0 Å². The molecular formula is C23H24ClF3N4O. The molecule has 0 saturated heterocycles. The molecule has 5 nitrogen and oxygen atoms in total. The van der Waals surface area contributed by atoms with E-state index in [2.05, 4.69) is 27.2 Å². The van der Waals surface area contributed by atoms with Gasteiger partial charge in [0.1, 0.15) is 22.9 Å². The Morgan fingerprint density at radius 2 is 1.75 bits per heavy atom. The van der Waals surface area contributed by atoms with E-state index >= 15 is 0 Å². The summed E-state index contributed by atoms with van der Waals surface area (Å²) in [6.07, 6.45) is 2.73. The summed E-state index contributed by atoms with van der Waals surface area (Å²) >= 11 is 6.43. The van der Waals surface area contributed by atoms with E-state index in [0.29, 0.717) is 23.1 Å². The first kappa shape index (κ1) is 23.8. The van der Waals surface area contributed by atoms with E-state index in [1.807, 2.05) is 12.1 Å². The molecule has 2 aromatic heterocycles. The fraction of sp³-hybridized carbons (Fsp3) is 0.348. The van der Waals surface area contributed by atoms with Crippen LogP contribution in [0.15, 0.2) is 48.9 Å². The highest BCUT2D eigenvalue weighted by Gasteiger charge is 2.30. The molecule has 3 rings (SSSR count). The first-order chi connectivity index (χ1) is 15.4. The number of nitrogens with zero attached hydrogens (tertiary/aromatic N) is 3. The van der Waals surface area contributed by atoms with Crippen molar-refractivity contribution >= 4 is 17.4 Å². The second-order valence-electron chi connectivity index (χ2n) is 7.25. The number of rotatable bonds is 10. The van der Waals surface area contributed by atoms with Gasteiger partial charge in [0, 0.05) is 18.8 Å². The van der Waals surface area contributed by atoms with Gasteiger partial charge in [0.25, 0.3) is 0 Å². The predicted octanol–water partition coefficient (Wildman–Crippen LogP) is 6.72. The normalized spacial score (nSPS) is 11.4. The molecule has 2 heterocycles. The second-order valence-corrected chi connectivity index (χ2v) is 7.62. The molecule has 0 aliphatic carbocycles. The van der Waals surface area contributed by atoms with Crippen molar-refractivity contribution in [2.75, 3.05) is 11.9 Å². The third-order valence-corrected chi connectivity index (χ3v) is 5.19. The lowest BCUT2D eigenvalue weighted by Crippen LogP contribution is -2.08. The summed E-state index contributed by atoms with van der Waals surface area (Å²) in [5.74, 6) is 1.21. The number of aryl methyl sites for hydroxylation is 1. The molecule has 0 amide bonds. The number of hydrogen-bond donors (Lipinski definition) is 1. The fourth-order valence-corrected chi connectivity index (χ4v) is 3.28. The van der Waals surface area contributed by atoms with Gasteiger partial charge in [-0.2, -0.15) is 13.2 Å². The molecule has 0 unspecified atom stereocenters. The van der Waals surface area contributed by atoms with Gasteiger partial charge in [0.2, 0.25) is 5.88 Å². The number of benzene rings is 1. The Balaban J connectivity index is 1.51. The molecule has 0 fully saturated rings. The summed E-state index contributed by atoms with van der Waals surface area (Å²) in [5.41, 5.74) is 1.10. The molecule has 0 radical (unpaired) electrons. The molecule has 1 aromatic carbocycles. The summed E-state index contributed by atoms with van der Waals surface area (Å²) in [4.78, 5) is 12.2. The van der Waals surface area contributed by atoms with Gasteiger partial charge in [-0.1, -0.05) is 43.5 Å². The number of unbranched alkanes of at least 4 members (excludes halogenated alkanes) is 2. The Labute approximate surface area is 190 Å². The van der Waals surface area contributed by atoms with Crippen molar-refractivity contribution in [3.8, 4) is 11.6 Å². The van der Waals surface area contributed by atoms with Crippen LogP contribution in [0, 0.1) is 0 Å². The second kappa shape index (κ2) is 11.1. The maximum absolute atomic E-state index is 12.6. The van der Waals surface area contributed by atoms with Crippen LogP contribution in [0.3, 0.4) is 0 Å². The first-order valence-corrected chi connectivity index (χ1v) is 10.8. The minimum atomic E-state index is -4.42. The van der Waals surface area contributed by atoms with Crippen LogP contribution in [0.1, 0.15) is 43.0 Å². The Morgan fingerprint density at radius 3 is 2.41 bits per heavy atom. The highest BCUT2D eigenvalue weighted by molar-refractivity contribution is 6.33. The highest BCUT2D eigenvalue weighted by atomic mass is 35.5. The van der Waals surface area contributed by atoms with Gasteiger partial charge < -0.3 is 10.1 Å². The van der Waals surface area contributed by atoms with Gasteiger partial charge in [-0.15, -0.1) is 0 Å². The largest absolute Gasteiger partial charge is 0.439 e. The van der Waals surface area contributed by atoms with E-state index in [9.17, 15) is 13.2 Å². The minimum absolute atomic E-state index is 0.0977. The van der Waals surface area contributed by atoms with Gasteiger partial charge >= 0.3 is 6.18 Å².